The number of rotatable bonds is 4. The summed E-state index contributed by atoms with van der Waals surface area (Å²) in [5.74, 6) is -1.02. The van der Waals surface area contributed by atoms with Crippen LogP contribution in [0.15, 0.2) is 41.3 Å². The molecule has 0 spiro atoms. The van der Waals surface area contributed by atoms with Crippen LogP contribution in [0.5, 0.6) is 0 Å². The molecular formula is C23H23N3O5S2. The third kappa shape index (κ3) is 3.32. The number of sulfonamides is 1. The lowest BCUT2D eigenvalue weighted by Gasteiger charge is -2.25. The van der Waals surface area contributed by atoms with Crippen LogP contribution in [-0.2, 0) is 32.5 Å². The number of hydrogen-bond donors (Lipinski definition) is 1. The maximum absolute atomic E-state index is 13.3. The molecule has 1 aromatic heterocycles. The average Bonchev–Trinajstić information content (AvgIpc) is 3.25. The van der Waals surface area contributed by atoms with E-state index < -0.39 is 27.9 Å². The third-order valence-electron chi connectivity index (χ3n) is 6.22. The molecule has 10 heteroatoms. The molecule has 0 saturated carbocycles. The number of nitrogens with one attached hydrogen (secondary N) is 1. The van der Waals surface area contributed by atoms with Crippen molar-refractivity contribution in [1.29, 1.82) is 0 Å². The van der Waals surface area contributed by atoms with Crippen molar-refractivity contribution >= 4 is 54.7 Å². The first kappa shape index (κ1) is 21.9. The molecule has 1 N–H and O–H groups in total. The van der Waals surface area contributed by atoms with Crippen molar-refractivity contribution in [2.24, 2.45) is 0 Å². The van der Waals surface area contributed by atoms with E-state index in [1.807, 2.05) is 19.2 Å². The van der Waals surface area contributed by atoms with E-state index in [1.54, 1.807) is 31.2 Å². The number of carbonyl (C=O) groups excluding carboxylic acids is 2. The number of thiophene rings is 1. The van der Waals surface area contributed by atoms with Gasteiger partial charge in [0.15, 0.2) is 0 Å². The topological polar surface area (TPSA) is 96.0 Å². The van der Waals surface area contributed by atoms with Crippen molar-refractivity contribution < 1.29 is 22.7 Å². The summed E-state index contributed by atoms with van der Waals surface area (Å²) >= 11 is 1.34. The second-order valence-corrected chi connectivity index (χ2v) is 11.2. The van der Waals surface area contributed by atoms with E-state index in [0.717, 1.165) is 22.4 Å². The van der Waals surface area contributed by atoms with Crippen molar-refractivity contribution in [1.82, 2.24) is 4.90 Å². The highest BCUT2D eigenvalue weighted by Gasteiger charge is 2.41. The number of amides is 1. The fourth-order valence-corrected chi connectivity index (χ4v) is 7.78. The molecule has 0 bridgehead atoms. The van der Waals surface area contributed by atoms with Gasteiger partial charge in [-0.1, -0.05) is 24.3 Å². The van der Waals surface area contributed by atoms with Crippen LogP contribution in [0.4, 0.5) is 10.7 Å². The van der Waals surface area contributed by atoms with Gasteiger partial charge in [0.2, 0.25) is 5.91 Å². The molecule has 2 aromatic carbocycles. The highest BCUT2D eigenvalue weighted by molar-refractivity contribution is 7.93. The Morgan fingerprint density at radius 1 is 1.18 bits per heavy atom. The first-order chi connectivity index (χ1) is 15.7. The summed E-state index contributed by atoms with van der Waals surface area (Å²) in [7, 11) is -0.591. The zero-order chi connectivity index (χ0) is 23.5. The molecule has 1 atom stereocenters. The van der Waals surface area contributed by atoms with E-state index in [4.69, 9.17) is 4.74 Å². The Morgan fingerprint density at radius 3 is 2.64 bits per heavy atom. The molecule has 0 radical (unpaired) electrons. The first-order valence-corrected chi connectivity index (χ1v) is 12.8. The van der Waals surface area contributed by atoms with Gasteiger partial charge >= 0.3 is 5.97 Å². The Balaban J connectivity index is 1.51. The molecular weight excluding hydrogens is 462 g/mol. The number of methoxy groups -OCH3 is 1. The van der Waals surface area contributed by atoms with Crippen LogP contribution in [0.3, 0.4) is 0 Å². The van der Waals surface area contributed by atoms with E-state index in [-0.39, 0.29) is 4.90 Å². The quantitative estimate of drug-likeness (QED) is 0.570. The molecule has 2 aliphatic rings. The molecule has 172 valence electrons. The van der Waals surface area contributed by atoms with E-state index in [9.17, 15) is 18.0 Å². The lowest BCUT2D eigenvalue weighted by atomic mass is 10.0. The maximum Gasteiger partial charge on any atom is 0.341 e. The summed E-state index contributed by atoms with van der Waals surface area (Å²) in [6, 6.07) is 9.41. The molecule has 8 nitrogen and oxygen atoms in total. The molecule has 3 aromatic rings. The van der Waals surface area contributed by atoms with Gasteiger partial charge in [0.1, 0.15) is 11.0 Å². The normalized spacial score (nSPS) is 17.6. The number of nitrogens with zero attached hydrogens (tertiary/aromatic N) is 2. The number of fused-ring (bicyclic) bond motifs is 1. The zero-order valence-corrected chi connectivity index (χ0v) is 20.0. The lowest BCUT2D eigenvalue weighted by molar-refractivity contribution is -0.116. The second kappa shape index (κ2) is 7.82. The van der Waals surface area contributed by atoms with Crippen LogP contribution < -0.4 is 9.62 Å². The number of esters is 1. The van der Waals surface area contributed by atoms with E-state index in [0.29, 0.717) is 34.6 Å². The van der Waals surface area contributed by atoms with Crippen LogP contribution in [0, 0.1) is 0 Å². The molecule has 0 fully saturated rings. The minimum Gasteiger partial charge on any atom is -0.465 e. The summed E-state index contributed by atoms with van der Waals surface area (Å²) in [5, 5.41) is 4.63. The predicted octanol–water partition coefficient (Wildman–Crippen LogP) is 3.21. The lowest BCUT2D eigenvalue weighted by Crippen LogP contribution is -2.44. The molecule has 5 rings (SSSR count). The smallest absolute Gasteiger partial charge is 0.341 e. The number of benzene rings is 2. The number of carbonyl (C=O) groups is 2. The number of likely N-dealkylation sites (N-methyl/N-ethyl adjacent to an activating group) is 1. The Labute approximate surface area is 195 Å². The molecule has 3 heterocycles. The minimum absolute atomic E-state index is 0.195. The molecule has 2 aliphatic heterocycles. The van der Waals surface area contributed by atoms with Gasteiger partial charge in [-0.3, -0.25) is 9.10 Å². The third-order valence-corrected chi connectivity index (χ3v) is 9.28. The van der Waals surface area contributed by atoms with E-state index in [1.165, 1.54) is 22.8 Å². The van der Waals surface area contributed by atoms with E-state index in [2.05, 4.69) is 10.2 Å². The molecule has 1 amide bonds. The van der Waals surface area contributed by atoms with Gasteiger partial charge in [-0.05, 0) is 43.5 Å². The van der Waals surface area contributed by atoms with Gasteiger partial charge < -0.3 is 15.0 Å². The van der Waals surface area contributed by atoms with E-state index >= 15 is 0 Å². The summed E-state index contributed by atoms with van der Waals surface area (Å²) in [4.78, 5) is 29.2. The summed E-state index contributed by atoms with van der Waals surface area (Å²) in [5.41, 5.74) is 1.73. The van der Waals surface area contributed by atoms with Gasteiger partial charge in [0.05, 0.1) is 23.3 Å². The number of ether oxygens (including phenoxy) is 1. The molecule has 0 aliphatic carbocycles. The fraction of sp³-hybridized carbons (Fsp3) is 0.304. The van der Waals surface area contributed by atoms with Crippen LogP contribution >= 0.6 is 11.3 Å². The van der Waals surface area contributed by atoms with Crippen molar-refractivity contribution in [3.05, 3.63) is 52.4 Å². The highest BCUT2D eigenvalue weighted by Crippen LogP contribution is 2.43. The van der Waals surface area contributed by atoms with Crippen LogP contribution in [0.25, 0.3) is 10.8 Å². The Hall–Kier alpha value is -2.95. The van der Waals surface area contributed by atoms with Crippen molar-refractivity contribution in [3.8, 4) is 0 Å². The van der Waals surface area contributed by atoms with Gasteiger partial charge in [0.25, 0.3) is 10.0 Å². The van der Waals surface area contributed by atoms with Gasteiger partial charge in [-0.15, -0.1) is 11.3 Å². The average molecular weight is 486 g/mol. The first-order valence-electron chi connectivity index (χ1n) is 10.5. The van der Waals surface area contributed by atoms with Crippen molar-refractivity contribution in [3.63, 3.8) is 0 Å². The van der Waals surface area contributed by atoms with Crippen LogP contribution in [-0.4, -0.2) is 51.9 Å². The summed E-state index contributed by atoms with van der Waals surface area (Å²) < 4.78 is 32.8. The molecule has 0 saturated heterocycles. The van der Waals surface area contributed by atoms with Crippen molar-refractivity contribution in [2.75, 3.05) is 30.3 Å². The number of anilines is 2. The van der Waals surface area contributed by atoms with Crippen LogP contribution in [0.2, 0.25) is 0 Å². The molecule has 0 unspecified atom stereocenters. The second-order valence-electron chi connectivity index (χ2n) is 8.28. The monoisotopic (exact) mass is 485 g/mol. The SMILES string of the molecule is COC(=O)c1c(NC(=O)[C@H](C)N2c3cccc4cccc(c34)S2(=O)=O)sc2c1CCN(C)C2. The summed E-state index contributed by atoms with van der Waals surface area (Å²) in [6.07, 6.45) is 0.677. The standard InChI is InChI=1S/C23H23N3O5S2/c1-13(26-16-8-4-6-14-7-5-9-18(19(14)16)33(26,29)30)21(27)24-22-20(23(28)31-3)15-10-11-25(2)12-17(15)32-22/h4-9,13H,10-12H2,1-3H3,(H,24,27)/t13-/m0/s1. The largest absolute Gasteiger partial charge is 0.465 e. The fourth-order valence-electron chi connectivity index (χ4n) is 4.60. The van der Waals surface area contributed by atoms with Gasteiger partial charge in [-0.2, -0.15) is 0 Å². The Bertz CT molecular complexity index is 1410. The summed E-state index contributed by atoms with van der Waals surface area (Å²) in [6.45, 7) is 3.02. The molecule has 33 heavy (non-hydrogen) atoms. The van der Waals surface area contributed by atoms with Gasteiger partial charge in [-0.25, -0.2) is 13.2 Å². The highest BCUT2D eigenvalue weighted by atomic mass is 32.2. The Morgan fingerprint density at radius 2 is 1.91 bits per heavy atom. The predicted molar refractivity (Wildman–Crippen MR) is 127 cm³/mol. The van der Waals surface area contributed by atoms with Gasteiger partial charge in [0, 0.05) is 23.4 Å². The van der Waals surface area contributed by atoms with Crippen LogP contribution in [0.1, 0.15) is 27.7 Å². The minimum atomic E-state index is -3.90. The number of hydrogen-bond acceptors (Lipinski definition) is 7. The maximum atomic E-state index is 13.3. The zero-order valence-electron chi connectivity index (χ0n) is 18.4. The van der Waals surface area contributed by atoms with Crippen molar-refractivity contribution in [2.45, 2.75) is 30.8 Å². The Kier molecular flexibility index (Phi) is 5.19.